The van der Waals surface area contributed by atoms with Gasteiger partial charge in [-0.2, -0.15) is 0 Å². The van der Waals surface area contributed by atoms with Gasteiger partial charge in [-0.15, -0.1) is 0 Å². The lowest BCUT2D eigenvalue weighted by Gasteiger charge is -2.21. The van der Waals surface area contributed by atoms with Crippen LogP contribution in [0.5, 0.6) is 0 Å². The number of rotatable bonds is 5. The van der Waals surface area contributed by atoms with Crippen LogP contribution in [0.1, 0.15) is 30.5 Å². The van der Waals surface area contributed by atoms with Crippen molar-refractivity contribution in [1.82, 2.24) is 5.32 Å². The topological polar surface area (TPSA) is 12.0 Å². The number of hydrogen-bond donors (Lipinski definition) is 1. The Morgan fingerprint density at radius 3 is 2.65 bits per heavy atom. The molecule has 1 unspecified atom stereocenters. The lowest BCUT2D eigenvalue weighted by Crippen LogP contribution is -2.24. The second kappa shape index (κ2) is 7.21. The summed E-state index contributed by atoms with van der Waals surface area (Å²) in [6.07, 6.45) is 0.975. The van der Waals surface area contributed by atoms with Crippen molar-refractivity contribution in [3.63, 3.8) is 0 Å². The van der Waals surface area contributed by atoms with Crippen molar-refractivity contribution in [2.75, 3.05) is 6.54 Å². The standard InChI is InChI=1S/C16H16BrClFN/c1-2-9-20-16(12-5-3-4-6-15(12)19)13-10-11(18)7-8-14(13)17/h3-8,10,16,20H,2,9H2,1H3. The third-order valence-electron chi connectivity index (χ3n) is 3.08. The first-order chi connectivity index (χ1) is 9.63. The van der Waals surface area contributed by atoms with Crippen molar-refractivity contribution in [2.45, 2.75) is 19.4 Å². The second-order valence-electron chi connectivity index (χ2n) is 4.57. The molecule has 2 aromatic carbocycles. The fourth-order valence-corrected chi connectivity index (χ4v) is 2.78. The van der Waals surface area contributed by atoms with E-state index in [0.717, 1.165) is 23.0 Å². The summed E-state index contributed by atoms with van der Waals surface area (Å²) in [5.41, 5.74) is 1.57. The molecule has 106 valence electrons. The Kier molecular flexibility index (Phi) is 5.58. The van der Waals surface area contributed by atoms with Gasteiger partial charge >= 0.3 is 0 Å². The lowest BCUT2D eigenvalue weighted by molar-refractivity contribution is 0.546. The smallest absolute Gasteiger partial charge is 0.128 e. The third-order valence-corrected chi connectivity index (χ3v) is 4.04. The highest BCUT2D eigenvalue weighted by molar-refractivity contribution is 9.10. The van der Waals surface area contributed by atoms with Crippen molar-refractivity contribution in [3.05, 3.63) is 68.9 Å². The van der Waals surface area contributed by atoms with E-state index in [1.54, 1.807) is 12.1 Å². The van der Waals surface area contributed by atoms with Crippen LogP contribution in [-0.2, 0) is 0 Å². The SMILES string of the molecule is CCCNC(c1ccccc1F)c1cc(Cl)ccc1Br. The maximum Gasteiger partial charge on any atom is 0.128 e. The molecule has 0 radical (unpaired) electrons. The van der Waals surface area contributed by atoms with E-state index in [0.29, 0.717) is 10.6 Å². The molecule has 1 N–H and O–H groups in total. The summed E-state index contributed by atoms with van der Waals surface area (Å²) in [6.45, 7) is 2.89. The second-order valence-corrected chi connectivity index (χ2v) is 5.87. The number of hydrogen-bond acceptors (Lipinski definition) is 1. The van der Waals surface area contributed by atoms with Crippen molar-refractivity contribution in [1.29, 1.82) is 0 Å². The summed E-state index contributed by atoms with van der Waals surface area (Å²) in [6, 6.07) is 12.2. The number of nitrogens with one attached hydrogen (secondary N) is 1. The molecule has 0 aromatic heterocycles. The minimum atomic E-state index is -0.218. The van der Waals surface area contributed by atoms with E-state index in [1.807, 2.05) is 24.3 Å². The minimum Gasteiger partial charge on any atom is -0.306 e. The van der Waals surface area contributed by atoms with E-state index in [9.17, 15) is 4.39 Å². The first-order valence-electron chi connectivity index (χ1n) is 6.56. The molecule has 0 spiro atoms. The molecule has 0 amide bonds. The fourth-order valence-electron chi connectivity index (χ4n) is 2.12. The zero-order valence-electron chi connectivity index (χ0n) is 11.2. The van der Waals surface area contributed by atoms with Gasteiger partial charge in [0.1, 0.15) is 5.82 Å². The molecule has 0 fully saturated rings. The molecule has 2 aromatic rings. The molecule has 20 heavy (non-hydrogen) atoms. The highest BCUT2D eigenvalue weighted by Crippen LogP contribution is 2.32. The van der Waals surface area contributed by atoms with Crippen molar-refractivity contribution in [2.24, 2.45) is 0 Å². The Bertz CT molecular complexity index is 588. The Labute approximate surface area is 132 Å². The van der Waals surface area contributed by atoms with Gasteiger partial charge in [-0.05, 0) is 42.8 Å². The molecule has 0 saturated carbocycles. The van der Waals surface area contributed by atoms with E-state index in [4.69, 9.17) is 11.6 Å². The first-order valence-corrected chi connectivity index (χ1v) is 7.73. The third kappa shape index (κ3) is 3.60. The zero-order valence-corrected chi connectivity index (χ0v) is 13.5. The predicted octanol–water partition coefficient (Wildman–Crippen LogP) is 5.33. The van der Waals surface area contributed by atoms with Crippen LogP contribution in [0.15, 0.2) is 46.9 Å². The highest BCUT2D eigenvalue weighted by Gasteiger charge is 2.19. The molecule has 1 atom stereocenters. The Morgan fingerprint density at radius 1 is 1.20 bits per heavy atom. The van der Waals surface area contributed by atoms with Gasteiger partial charge in [-0.3, -0.25) is 0 Å². The van der Waals surface area contributed by atoms with E-state index < -0.39 is 0 Å². The van der Waals surface area contributed by atoms with Gasteiger partial charge in [-0.25, -0.2) is 4.39 Å². The number of benzene rings is 2. The van der Waals surface area contributed by atoms with Crippen molar-refractivity contribution < 1.29 is 4.39 Å². The Hall–Kier alpha value is -0.900. The summed E-state index contributed by atoms with van der Waals surface area (Å²) in [5.74, 6) is -0.215. The van der Waals surface area contributed by atoms with Gasteiger partial charge in [0.25, 0.3) is 0 Å². The maximum atomic E-state index is 14.1. The lowest BCUT2D eigenvalue weighted by atomic mass is 9.98. The average Bonchev–Trinajstić information content (AvgIpc) is 2.44. The monoisotopic (exact) mass is 355 g/mol. The first kappa shape index (κ1) is 15.5. The molecule has 0 aliphatic rings. The molecule has 0 heterocycles. The van der Waals surface area contributed by atoms with Gasteiger partial charge in [0.15, 0.2) is 0 Å². The molecule has 0 saturated heterocycles. The molecule has 0 aliphatic carbocycles. The van der Waals surface area contributed by atoms with E-state index in [1.165, 1.54) is 6.07 Å². The van der Waals surface area contributed by atoms with Crippen LogP contribution in [-0.4, -0.2) is 6.54 Å². The number of halogens is 3. The average molecular weight is 357 g/mol. The normalized spacial score (nSPS) is 12.4. The van der Waals surface area contributed by atoms with E-state index in [2.05, 4.69) is 28.2 Å². The Morgan fingerprint density at radius 2 is 1.95 bits per heavy atom. The molecular formula is C16H16BrClFN. The summed E-state index contributed by atoms with van der Waals surface area (Å²) >= 11 is 9.60. The van der Waals surface area contributed by atoms with Crippen LogP contribution in [0, 0.1) is 5.82 Å². The van der Waals surface area contributed by atoms with Gasteiger partial charge < -0.3 is 5.32 Å². The molecule has 1 nitrogen and oxygen atoms in total. The zero-order chi connectivity index (χ0) is 14.5. The van der Waals surface area contributed by atoms with Gasteiger partial charge in [0.2, 0.25) is 0 Å². The van der Waals surface area contributed by atoms with Crippen LogP contribution >= 0.6 is 27.5 Å². The van der Waals surface area contributed by atoms with Crippen LogP contribution in [0.2, 0.25) is 5.02 Å². The molecule has 2 rings (SSSR count). The Balaban J connectivity index is 2.47. The molecule has 0 aliphatic heterocycles. The molecule has 0 bridgehead atoms. The van der Waals surface area contributed by atoms with Crippen LogP contribution in [0.4, 0.5) is 4.39 Å². The molecular weight excluding hydrogens is 341 g/mol. The van der Waals surface area contributed by atoms with Crippen molar-refractivity contribution in [3.8, 4) is 0 Å². The molecule has 4 heteroatoms. The predicted molar refractivity (Wildman–Crippen MR) is 85.7 cm³/mol. The van der Waals surface area contributed by atoms with Crippen LogP contribution in [0.3, 0.4) is 0 Å². The van der Waals surface area contributed by atoms with Crippen molar-refractivity contribution >= 4 is 27.5 Å². The minimum absolute atomic E-state index is 0.215. The summed E-state index contributed by atoms with van der Waals surface area (Å²) < 4.78 is 15.0. The van der Waals surface area contributed by atoms with Gasteiger partial charge in [0.05, 0.1) is 6.04 Å². The van der Waals surface area contributed by atoms with Gasteiger partial charge in [0, 0.05) is 15.1 Å². The van der Waals surface area contributed by atoms with Gasteiger partial charge in [-0.1, -0.05) is 52.7 Å². The van der Waals surface area contributed by atoms with E-state index >= 15 is 0 Å². The quantitative estimate of drug-likeness (QED) is 0.763. The van der Waals surface area contributed by atoms with Crippen LogP contribution < -0.4 is 5.32 Å². The summed E-state index contributed by atoms with van der Waals surface area (Å²) in [7, 11) is 0. The van der Waals surface area contributed by atoms with Crippen LogP contribution in [0.25, 0.3) is 0 Å². The summed E-state index contributed by atoms with van der Waals surface area (Å²) in [5, 5.41) is 4.02. The summed E-state index contributed by atoms with van der Waals surface area (Å²) in [4.78, 5) is 0. The van der Waals surface area contributed by atoms with E-state index in [-0.39, 0.29) is 11.9 Å². The fraction of sp³-hybridized carbons (Fsp3) is 0.250. The highest BCUT2D eigenvalue weighted by atomic mass is 79.9. The maximum absolute atomic E-state index is 14.1. The largest absolute Gasteiger partial charge is 0.306 e.